The summed E-state index contributed by atoms with van der Waals surface area (Å²) in [5.41, 5.74) is 10.2. The van der Waals surface area contributed by atoms with E-state index in [9.17, 15) is 4.79 Å². The molecule has 2 aromatic rings. The predicted octanol–water partition coefficient (Wildman–Crippen LogP) is 3.45. The van der Waals surface area contributed by atoms with Gasteiger partial charge in [0.2, 0.25) is 5.91 Å². The molecule has 1 aliphatic rings. The summed E-state index contributed by atoms with van der Waals surface area (Å²) in [5, 5.41) is 3.04. The minimum Gasteiger partial charge on any atom is -0.339 e. The van der Waals surface area contributed by atoms with Crippen LogP contribution in [-0.2, 0) is 11.2 Å². The summed E-state index contributed by atoms with van der Waals surface area (Å²) in [6.45, 7) is 2.86. The molecule has 3 N–H and O–H groups in total. The molecule has 23 heavy (non-hydrogen) atoms. The highest BCUT2D eigenvalue weighted by atomic mass is 16.1. The average molecular weight is 309 g/mol. The quantitative estimate of drug-likeness (QED) is 0.889. The molecule has 0 bridgehead atoms. The van der Waals surface area contributed by atoms with Gasteiger partial charge in [-0.05, 0) is 43.5 Å². The first kappa shape index (κ1) is 15.6. The Bertz CT molecular complexity index is 697. The Kier molecular flexibility index (Phi) is 4.63. The number of nitrogens with two attached hydrogens (primary N) is 1. The lowest BCUT2D eigenvalue weighted by Crippen LogP contribution is -2.21. The van der Waals surface area contributed by atoms with Gasteiger partial charge >= 0.3 is 0 Å². The molecule has 3 rings (SSSR count). The molecule has 0 radical (unpaired) electrons. The summed E-state index contributed by atoms with van der Waals surface area (Å²) in [5.74, 6) is 0.0160. The number of para-hydroxylation sites is 3. The molecule has 0 aromatic heterocycles. The van der Waals surface area contributed by atoms with Crippen molar-refractivity contribution in [1.82, 2.24) is 0 Å². The molecule has 4 heteroatoms. The zero-order valence-electron chi connectivity index (χ0n) is 13.5. The highest BCUT2D eigenvalue weighted by Gasteiger charge is 2.22. The minimum absolute atomic E-state index is 0.0160. The molecule has 1 amide bonds. The Labute approximate surface area is 137 Å². The van der Waals surface area contributed by atoms with Gasteiger partial charge in [-0.25, -0.2) is 0 Å². The van der Waals surface area contributed by atoms with Crippen molar-refractivity contribution >= 4 is 23.0 Å². The lowest BCUT2D eigenvalue weighted by molar-refractivity contribution is -0.116. The van der Waals surface area contributed by atoms with Gasteiger partial charge in [-0.15, -0.1) is 0 Å². The molecule has 1 aliphatic heterocycles. The Hall–Kier alpha value is -2.33. The number of hydrogen-bond donors (Lipinski definition) is 2. The number of nitrogens with zero attached hydrogens (tertiary/aromatic N) is 1. The van der Waals surface area contributed by atoms with Crippen LogP contribution in [0.25, 0.3) is 0 Å². The van der Waals surface area contributed by atoms with Crippen LogP contribution in [0.3, 0.4) is 0 Å². The van der Waals surface area contributed by atoms with Crippen LogP contribution in [0, 0.1) is 0 Å². The van der Waals surface area contributed by atoms with E-state index in [4.69, 9.17) is 5.73 Å². The van der Waals surface area contributed by atoms with Gasteiger partial charge in [0.25, 0.3) is 0 Å². The van der Waals surface area contributed by atoms with Gasteiger partial charge in [0.15, 0.2) is 0 Å². The molecule has 4 nitrogen and oxygen atoms in total. The number of carbonyl (C=O) groups is 1. The number of hydrogen-bond acceptors (Lipinski definition) is 3. The number of anilines is 3. The van der Waals surface area contributed by atoms with Crippen molar-refractivity contribution in [2.75, 3.05) is 16.8 Å². The average Bonchev–Trinajstić information content (AvgIpc) is 2.97. The summed E-state index contributed by atoms with van der Waals surface area (Å²) in [7, 11) is 0. The molecule has 0 saturated carbocycles. The topological polar surface area (TPSA) is 58.4 Å². The van der Waals surface area contributed by atoms with Gasteiger partial charge < -0.3 is 16.0 Å². The molecule has 1 heterocycles. The van der Waals surface area contributed by atoms with Crippen LogP contribution in [0.4, 0.5) is 17.1 Å². The smallest absolute Gasteiger partial charge is 0.224 e. The maximum absolute atomic E-state index is 12.1. The molecular weight excluding hydrogens is 286 g/mol. The molecule has 1 unspecified atom stereocenters. The van der Waals surface area contributed by atoms with Crippen LogP contribution >= 0.6 is 0 Å². The van der Waals surface area contributed by atoms with E-state index in [2.05, 4.69) is 40.5 Å². The van der Waals surface area contributed by atoms with Gasteiger partial charge in [-0.1, -0.05) is 30.3 Å². The van der Waals surface area contributed by atoms with E-state index in [1.54, 1.807) is 0 Å². The van der Waals surface area contributed by atoms with Crippen molar-refractivity contribution in [2.24, 2.45) is 5.73 Å². The van der Waals surface area contributed by atoms with E-state index >= 15 is 0 Å². The third kappa shape index (κ3) is 3.54. The van der Waals surface area contributed by atoms with E-state index < -0.39 is 0 Å². The lowest BCUT2D eigenvalue weighted by Gasteiger charge is -2.23. The third-order valence-corrected chi connectivity index (χ3v) is 4.18. The van der Waals surface area contributed by atoms with Crippen LogP contribution in [0.15, 0.2) is 48.5 Å². The number of amides is 1. The number of fused-ring (bicyclic) bond motifs is 1. The van der Waals surface area contributed by atoms with Crippen molar-refractivity contribution in [3.63, 3.8) is 0 Å². The second kappa shape index (κ2) is 6.84. The standard InChI is InChI=1S/C19H23N3O/c1-14(20)10-11-19(23)21-16-7-3-5-9-18(16)22-13-12-15-6-2-4-8-17(15)22/h2-9,14H,10-13,20H2,1H3,(H,21,23). The molecular formula is C19H23N3O. The third-order valence-electron chi connectivity index (χ3n) is 4.18. The zero-order valence-corrected chi connectivity index (χ0v) is 13.5. The van der Waals surface area contributed by atoms with Crippen LogP contribution in [0.2, 0.25) is 0 Å². The van der Waals surface area contributed by atoms with Gasteiger partial charge in [-0.2, -0.15) is 0 Å². The van der Waals surface area contributed by atoms with Crippen molar-refractivity contribution < 1.29 is 4.79 Å². The van der Waals surface area contributed by atoms with Gasteiger partial charge in [0, 0.05) is 24.7 Å². The van der Waals surface area contributed by atoms with Crippen LogP contribution in [0.5, 0.6) is 0 Å². The highest BCUT2D eigenvalue weighted by molar-refractivity contribution is 5.95. The minimum atomic E-state index is 0.0160. The summed E-state index contributed by atoms with van der Waals surface area (Å²) in [6.07, 6.45) is 2.17. The summed E-state index contributed by atoms with van der Waals surface area (Å²) in [6, 6.07) is 16.5. The van der Waals surface area contributed by atoms with E-state index in [1.807, 2.05) is 25.1 Å². The fourth-order valence-electron chi connectivity index (χ4n) is 2.97. The Morgan fingerprint density at radius 2 is 1.87 bits per heavy atom. The highest BCUT2D eigenvalue weighted by Crippen LogP contribution is 2.38. The molecule has 0 spiro atoms. The van der Waals surface area contributed by atoms with E-state index in [-0.39, 0.29) is 11.9 Å². The van der Waals surface area contributed by atoms with Gasteiger partial charge in [0.1, 0.15) is 0 Å². The Balaban J connectivity index is 1.81. The Morgan fingerprint density at radius 1 is 1.17 bits per heavy atom. The molecule has 0 saturated heterocycles. The monoisotopic (exact) mass is 309 g/mol. The summed E-state index contributed by atoms with van der Waals surface area (Å²) in [4.78, 5) is 14.4. The largest absolute Gasteiger partial charge is 0.339 e. The fraction of sp³-hybridized carbons (Fsp3) is 0.316. The molecule has 1 atom stereocenters. The summed E-state index contributed by atoms with van der Waals surface area (Å²) >= 11 is 0. The maximum atomic E-state index is 12.1. The van der Waals surface area contributed by atoms with Crippen molar-refractivity contribution in [3.8, 4) is 0 Å². The first-order valence-electron chi connectivity index (χ1n) is 8.15. The second-order valence-electron chi connectivity index (χ2n) is 6.11. The van der Waals surface area contributed by atoms with Crippen molar-refractivity contribution in [1.29, 1.82) is 0 Å². The molecule has 0 fully saturated rings. The first-order valence-corrected chi connectivity index (χ1v) is 8.15. The second-order valence-corrected chi connectivity index (χ2v) is 6.11. The number of nitrogens with one attached hydrogen (secondary N) is 1. The van der Waals surface area contributed by atoms with Crippen molar-refractivity contribution in [2.45, 2.75) is 32.2 Å². The van der Waals surface area contributed by atoms with Crippen LogP contribution in [0.1, 0.15) is 25.3 Å². The van der Waals surface area contributed by atoms with E-state index in [0.29, 0.717) is 12.8 Å². The molecule has 0 aliphatic carbocycles. The number of rotatable bonds is 5. The molecule has 120 valence electrons. The van der Waals surface area contributed by atoms with E-state index in [0.717, 1.165) is 24.3 Å². The summed E-state index contributed by atoms with van der Waals surface area (Å²) < 4.78 is 0. The Morgan fingerprint density at radius 3 is 2.65 bits per heavy atom. The number of benzene rings is 2. The normalized spacial score (nSPS) is 14.4. The maximum Gasteiger partial charge on any atom is 0.224 e. The van der Waals surface area contributed by atoms with Crippen LogP contribution < -0.4 is 16.0 Å². The first-order chi connectivity index (χ1) is 11.1. The SMILES string of the molecule is CC(N)CCC(=O)Nc1ccccc1N1CCc2ccccc21. The fourth-order valence-corrected chi connectivity index (χ4v) is 2.97. The van der Waals surface area contributed by atoms with Gasteiger partial charge in [-0.3, -0.25) is 4.79 Å². The zero-order chi connectivity index (χ0) is 16.2. The predicted molar refractivity (Wildman–Crippen MR) is 95.1 cm³/mol. The van der Waals surface area contributed by atoms with Crippen molar-refractivity contribution in [3.05, 3.63) is 54.1 Å². The lowest BCUT2D eigenvalue weighted by atomic mass is 10.1. The van der Waals surface area contributed by atoms with Gasteiger partial charge in [0.05, 0.1) is 11.4 Å². The van der Waals surface area contributed by atoms with E-state index in [1.165, 1.54) is 11.3 Å². The van der Waals surface area contributed by atoms with Crippen LogP contribution in [-0.4, -0.2) is 18.5 Å². The molecule has 2 aromatic carbocycles. The number of carbonyl (C=O) groups excluding carboxylic acids is 1.